The van der Waals surface area contributed by atoms with Crippen LogP contribution in [0.4, 0.5) is 4.39 Å². The number of carbonyl (C=O) groups is 1. The van der Waals surface area contributed by atoms with Gasteiger partial charge in [-0.1, -0.05) is 12.1 Å². The molecule has 0 aromatic heterocycles. The van der Waals surface area contributed by atoms with Gasteiger partial charge < -0.3 is 9.47 Å². The normalized spacial score (nSPS) is 10.2. The second-order valence-corrected chi connectivity index (χ2v) is 4.64. The van der Waals surface area contributed by atoms with Crippen molar-refractivity contribution >= 4 is 5.97 Å². The third kappa shape index (κ3) is 4.31. The lowest BCUT2D eigenvalue weighted by atomic mass is 10.0. The lowest BCUT2D eigenvalue weighted by molar-refractivity contribution is -0.142. The molecule has 0 saturated heterocycles. The topological polar surface area (TPSA) is 35.5 Å². The van der Waals surface area contributed by atoms with Gasteiger partial charge in [0.1, 0.15) is 18.2 Å². The van der Waals surface area contributed by atoms with Crippen LogP contribution >= 0.6 is 0 Å². The highest BCUT2D eigenvalue weighted by Crippen LogP contribution is 2.18. The van der Waals surface area contributed by atoms with Gasteiger partial charge in [0.2, 0.25) is 0 Å². The minimum atomic E-state index is -0.391. The minimum Gasteiger partial charge on any atom is -0.497 e. The van der Waals surface area contributed by atoms with Gasteiger partial charge in [-0.2, -0.15) is 0 Å². The molecular weight excluding hydrogens is 271 g/mol. The van der Waals surface area contributed by atoms with Crippen molar-refractivity contribution in [3.8, 4) is 5.75 Å². The number of benzene rings is 2. The van der Waals surface area contributed by atoms with Crippen molar-refractivity contribution in [3.63, 3.8) is 0 Å². The number of rotatable bonds is 5. The van der Waals surface area contributed by atoms with E-state index in [1.807, 2.05) is 24.3 Å². The molecule has 0 bridgehead atoms. The van der Waals surface area contributed by atoms with E-state index in [0.717, 1.165) is 11.3 Å². The Hall–Kier alpha value is -2.36. The summed E-state index contributed by atoms with van der Waals surface area (Å²) in [6, 6.07) is 13.4. The maximum Gasteiger partial charge on any atom is 0.302 e. The molecule has 2 aromatic carbocycles. The van der Waals surface area contributed by atoms with Crippen molar-refractivity contribution < 1.29 is 18.7 Å². The highest BCUT2D eigenvalue weighted by molar-refractivity contribution is 5.65. The number of hydrogen-bond acceptors (Lipinski definition) is 3. The molecule has 3 nitrogen and oxygen atoms in total. The molecule has 0 amide bonds. The molecule has 0 spiro atoms. The number of methoxy groups -OCH3 is 1. The van der Waals surface area contributed by atoms with Crippen molar-refractivity contribution in [1.82, 2.24) is 0 Å². The Kier molecular flexibility index (Phi) is 4.93. The van der Waals surface area contributed by atoms with Crippen LogP contribution in [0.3, 0.4) is 0 Å². The number of carbonyl (C=O) groups excluding carboxylic acids is 1. The van der Waals surface area contributed by atoms with E-state index in [1.165, 1.54) is 13.0 Å². The van der Waals surface area contributed by atoms with Crippen LogP contribution < -0.4 is 4.74 Å². The Morgan fingerprint density at radius 3 is 2.52 bits per heavy atom. The summed E-state index contributed by atoms with van der Waals surface area (Å²) in [4.78, 5) is 10.7. The average molecular weight is 287 g/mol. The fourth-order valence-electron chi connectivity index (χ4n) is 1.89. The lowest BCUT2D eigenvalue weighted by Gasteiger charge is -2.07. The predicted molar refractivity (Wildman–Crippen MR) is 76.5 cm³/mol. The third-order valence-electron chi connectivity index (χ3n) is 3.01. The summed E-state index contributed by atoms with van der Waals surface area (Å²) in [6.45, 7) is 1.38. The molecule has 4 heteroatoms. The van der Waals surface area contributed by atoms with Crippen LogP contribution in [0.25, 0.3) is 0 Å². The number of ether oxygens (including phenoxy) is 2. The Bertz CT molecular complexity index is 620. The number of halogens is 1. The molecule has 2 rings (SSSR count). The molecule has 2 aromatic rings. The zero-order valence-corrected chi connectivity index (χ0v) is 12.0. The van der Waals surface area contributed by atoms with Gasteiger partial charge in [-0.25, -0.2) is 4.39 Å². The molecule has 0 fully saturated rings. The molecule has 0 heterocycles. The monoisotopic (exact) mass is 287 g/mol. The second-order valence-electron chi connectivity index (χ2n) is 4.64. The molecule has 0 N–H and O–H groups in total. The standard InChI is InChI=1S/C17H16FO3/c1-12(19)21-11-14-3-6-15(17(18)10-14)9-13-4-7-16(20-2)8-5-13/h3-5,7-8,10H,9,11H2,1-2H3. The first kappa shape index (κ1) is 15.0. The van der Waals surface area contributed by atoms with E-state index in [9.17, 15) is 9.18 Å². The summed E-state index contributed by atoms with van der Waals surface area (Å²) >= 11 is 0. The van der Waals surface area contributed by atoms with Crippen LogP contribution in [0.2, 0.25) is 0 Å². The van der Waals surface area contributed by atoms with Gasteiger partial charge in [0.25, 0.3) is 0 Å². The number of hydrogen-bond donors (Lipinski definition) is 0. The van der Waals surface area contributed by atoms with Crippen LogP contribution in [-0.2, 0) is 22.6 Å². The summed E-state index contributed by atoms with van der Waals surface area (Å²) in [5, 5.41) is 0. The summed E-state index contributed by atoms with van der Waals surface area (Å²) in [7, 11) is 1.60. The largest absolute Gasteiger partial charge is 0.497 e. The molecular formula is C17H16FO3. The Balaban J connectivity index is 2.07. The summed E-state index contributed by atoms with van der Waals surface area (Å²) in [5.74, 6) is 0.0214. The summed E-state index contributed by atoms with van der Waals surface area (Å²) in [5.41, 5.74) is 2.03. The molecule has 0 unspecified atom stereocenters. The van der Waals surface area contributed by atoms with E-state index in [2.05, 4.69) is 6.07 Å². The van der Waals surface area contributed by atoms with E-state index < -0.39 is 5.97 Å². The zero-order valence-electron chi connectivity index (χ0n) is 12.0. The Morgan fingerprint density at radius 1 is 1.24 bits per heavy atom. The smallest absolute Gasteiger partial charge is 0.302 e. The molecule has 0 atom stereocenters. The van der Waals surface area contributed by atoms with Crippen molar-refractivity contribution in [1.29, 1.82) is 0 Å². The molecule has 21 heavy (non-hydrogen) atoms. The van der Waals surface area contributed by atoms with Crippen LogP contribution in [0, 0.1) is 11.9 Å². The number of esters is 1. The third-order valence-corrected chi connectivity index (χ3v) is 3.01. The van der Waals surface area contributed by atoms with Crippen LogP contribution in [0.15, 0.2) is 36.4 Å². The average Bonchev–Trinajstić information content (AvgIpc) is 2.48. The van der Waals surface area contributed by atoms with Gasteiger partial charge in [0, 0.05) is 18.9 Å². The highest BCUT2D eigenvalue weighted by atomic mass is 19.1. The van der Waals surface area contributed by atoms with Crippen molar-refractivity contribution in [3.05, 3.63) is 65.0 Å². The van der Waals surface area contributed by atoms with Gasteiger partial charge in [-0.15, -0.1) is 0 Å². The molecule has 1 radical (unpaired) electrons. The van der Waals surface area contributed by atoms with Crippen LogP contribution in [0.1, 0.15) is 23.6 Å². The van der Waals surface area contributed by atoms with Crippen LogP contribution in [0.5, 0.6) is 5.75 Å². The van der Waals surface area contributed by atoms with Crippen molar-refractivity contribution in [2.45, 2.75) is 20.0 Å². The SMILES string of the molecule is COc1ccc(Cc2[c]cc(COC(C)=O)cc2F)cc1. The second kappa shape index (κ2) is 6.88. The first-order valence-electron chi connectivity index (χ1n) is 6.54. The van der Waals surface area contributed by atoms with Gasteiger partial charge in [-0.05, 0) is 41.5 Å². The molecule has 109 valence electrons. The van der Waals surface area contributed by atoms with Gasteiger partial charge in [0.15, 0.2) is 0 Å². The van der Waals surface area contributed by atoms with Crippen LogP contribution in [-0.4, -0.2) is 13.1 Å². The van der Waals surface area contributed by atoms with Gasteiger partial charge in [-0.3, -0.25) is 4.79 Å². The van der Waals surface area contributed by atoms with E-state index in [1.54, 1.807) is 13.2 Å². The van der Waals surface area contributed by atoms with E-state index in [-0.39, 0.29) is 12.4 Å². The molecule has 0 aliphatic heterocycles. The van der Waals surface area contributed by atoms with Gasteiger partial charge in [0.05, 0.1) is 7.11 Å². The van der Waals surface area contributed by atoms with Gasteiger partial charge >= 0.3 is 5.97 Å². The minimum absolute atomic E-state index is 0.0611. The summed E-state index contributed by atoms with van der Waals surface area (Å²) < 4.78 is 23.9. The maximum atomic E-state index is 14.0. The molecule has 0 aliphatic carbocycles. The van der Waals surface area contributed by atoms with E-state index >= 15 is 0 Å². The zero-order chi connectivity index (χ0) is 15.2. The predicted octanol–water partition coefficient (Wildman–Crippen LogP) is 3.29. The highest BCUT2D eigenvalue weighted by Gasteiger charge is 2.06. The van der Waals surface area contributed by atoms with Crippen molar-refractivity contribution in [2.24, 2.45) is 0 Å². The fraction of sp³-hybridized carbons (Fsp3) is 0.235. The fourth-order valence-corrected chi connectivity index (χ4v) is 1.89. The van der Waals surface area contributed by atoms with E-state index in [0.29, 0.717) is 17.5 Å². The Labute approximate surface area is 123 Å². The maximum absolute atomic E-state index is 14.0. The molecule has 0 saturated carbocycles. The first-order valence-corrected chi connectivity index (χ1v) is 6.54. The lowest BCUT2D eigenvalue weighted by Crippen LogP contribution is -2.01. The van der Waals surface area contributed by atoms with E-state index in [4.69, 9.17) is 9.47 Å². The quantitative estimate of drug-likeness (QED) is 0.792. The first-order chi connectivity index (χ1) is 10.1. The summed E-state index contributed by atoms with van der Waals surface area (Å²) in [6.07, 6.45) is 0.448. The van der Waals surface area contributed by atoms with Crippen molar-refractivity contribution in [2.75, 3.05) is 7.11 Å². The Morgan fingerprint density at radius 2 is 1.95 bits per heavy atom. The molecule has 0 aliphatic rings.